The Labute approximate surface area is 81.9 Å². The number of hydrogen-bond donors (Lipinski definition) is 1. The molecule has 1 aliphatic rings. The summed E-state index contributed by atoms with van der Waals surface area (Å²) in [5, 5.41) is 11.5. The highest BCUT2D eigenvalue weighted by atomic mass is 32.2. The first kappa shape index (κ1) is 9.95. The predicted molar refractivity (Wildman–Crippen MR) is 51.9 cm³/mol. The third-order valence-electron chi connectivity index (χ3n) is 2.04. The van der Waals surface area contributed by atoms with Crippen molar-refractivity contribution in [3.8, 4) is 18.4 Å². The SMILES string of the molecule is C#CC(=O)NC1(C#N)CCSCC1. The zero-order valence-corrected chi connectivity index (χ0v) is 7.99. The van der Waals surface area contributed by atoms with Crippen LogP contribution in [0.4, 0.5) is 0 Å². The van der Waals surface area contributed by atoms with E-state index in [1.807, 2.05) is 5.92 Å². The molecule has 0 unspecified atom stereocenters. The number of carbonyl (C=O) groups is 1. The standard InChI is InChI=1S/C9H10N2OS/c1-2-8(12)11-9(7-10)3-5-13-6-4-9/h1H,3-6H2,(H,11,12). The summed E-state index contributed by atoms with van der Waals surface area (Å²) >= 11 is 1.79. The van der Waals surface area contributed by atoms with Crippen molar-refractivity contribution in [2.45, 2.75) is 18.4 Å². The summed E-state index contributed by atoms with van der Waals surface area (Å²) in [6, 6.07) is 2.14. The number of thioether (sulfide) groups is 1. The zero-order chi connectivity index (χ0) is 9.73. The normalized spacial score (nSPS) is 19.5. The molecule has 0 aromatic heterocycles. The Balaban J connectivity index is 2.65. The number of nitrogens with zero attached hydrogens (tertiary/aromatic N) is 1. The molecule has 1 saturated heterocycles. The summed E-state index contributed by atoms with van der Waals surface area (Å²) < 4.78 is 0. The Morgan fingerprint density at radius 2 is 2.15 bits per heavy atom. The van der Waals surface area contributed by atoms with E-state index in [0.717, 1.165) is 11.5 Å². The van der Waals surface area contributed by atoms with Gasteiger partial charge in [-0.15, -0.1) is 6.42 Å². The van der Waals surface area contributed by atoms with Gasteiger partial charge >= 0.3 is 0 Å². The lowest BCUT2D eigenvalue weighted by molar-refractivity contribution is -0.117. The number of nitriles is 1. The van der Waals surface area contributed by atoms with Gasteiger partial charge in [0.25, 0.3) is 5.91 Å². The molecule has 1 aliphatic heterocycles. The summed E-state index contributed by atoms with van der Waals surface area (Å²) in [6.07, 6.45) is 6.29. The second kappa shape index (κ2) is 4.20. The van der Waals surface area contributed by atoms with Gasteiger partial charge in [0.05, 0.1) is 6.07 Å². The number of amides is 1. The summed E-state index contributed by atoms with van der Waals surface area (Å²) in [5.74, 6) is 3.27. The number of carbonyl (C=O) groups excluding carboxylic acids is 1. The van der Waals surface area contributed by atoms with Crippen LogP contribution in [0.3, 0.4) is 0 Å². The molecule has 0 bridgehead atoms. The molecule has 0 aromatic carbocycles. The Morgan fingerprint density at radius 1 is 1.54 bits per heavy atom. The molecule has 3 nitrogen and oxygen atoms in total. The minimum Gasteiger partial charge on any atom is -0.327 e. The van der Waals surface area contributed by atoms with E-state index in [1.165, 1.54) is 0 Å². The molecule has 1 fully saturated rings. The van der Waals surface area contributed by atoms with Gasteiger partial charge in [-0.2, -0.15) is 17.0 Å². The molecule has 0 aromatic rings. The monoisotopic (exact) mass is 194 g/mol. The van der Waals surface area contributed by atoms with Gasteiger partial charge in [-0.1, -0.05) is 0 Å². The molecule has 13 heavy (non-hydrogen) atoms. The lowest BCUT2D eigenvalue weighted by Crippen LogP contribution is -2.49. The number of rotatable bonds is 1. The Morgan fingerprint density at radius 3 is 2.62 bits per heavy atom. The molecule has 0 spiro atoms. The number of nitrogens with one attached hydrogen (secondary N) is 1. The van der Waals surface area contributed by atoms with Crippen LogP contribution in [0, 0.1) is 23.7 Å². The van der Waals surface area contributed by atoms with Crippen LogP contribution in [-0.4, -0.2) is 23.0 Å². The second-order valence-corrected chi connectivity index (χ2v) is 4.13. The molecular weight excluding hydrogens is 184 g/mol. The zero-order valence-electron chi connectivity index (χ0n) is 7.17. The summed E-state index contributed by atoms with van der Waals surface area (Å²) in [7, 11) is 0. The molecule has 1 N–H and O–H groups in total. The van der Waals surface area contributed by atoms with E-state index in [0.29, 0.717) is 12.8 Å². The molecule has 0 aliphatic carbocycles. The highest BCUT2D eigenvalue weighted by Crippen LogP contribution is 2.26. The molecular formula is C9H10N2OS. The van der Waals surface area contributed by atoms with Crippen LogP contribution in [-0.2, 0) is 4.79 Å². The molecule has 0 radical (unpaired) electrons. The minimum absolute atomic E-state index is 0.492. The van der Waals surface area contributed by atoms with Gasteiger partial charge in [-0.25, -0.2) is 0 Å². The van der Waals surface area contributed by atoms with Crippen LogP contribution >= 0.6 is 11.8 Å². The summed E-state index contributed by atoms with van der Waals surface area (Å²) in [5.41, 5.74) is -0.714. The predicted octanol–water partition coefficient (Wildman–Crippen LogP) is 0.525. The first-order valence-electron chi connectivity index (χ1n) is 4.00. The maximum absolute atomic E-state index is 10.9. The largest absolute Gasteiger partial charge is 0.327 e. The fourth-order valence-corrected chi connectivity index (χ4v) is 2.43. The van der Waals surface area contributed by atoms with Crippen molar-refractivity contribution < 1.29 is 4.79 Å². The maximum atomic E-state index is 10.9. The molecule has 1 amide bonds. The van der Waals surface area contributed by atoms with E-state index in [9.17, 15) is 4.79 Å². The Hall–Kier alpha value is -1.13. The first-order chi connectivity index (χ1) is 6.22. The second-order valence-electron chi connectivity index (χ2n) is 2.90. The molecule has 1 rings (SSSR count). The van der Waals surface area contributed by atoms with Gasteiger partial charge < -0.3 is 5.32 Å². The average molecular weight is 194 g/mol. The van der Waals surface area contributed by atoms with Crippen molar-refractivity contribution in [2.24, 2.45) is 0 Å². The number of terminal acetylenes is 1. The van der Waals surface area contributed by atoms with E-state index in [1.54, 1.807) is 11.8 Å². The highest BCUT2D eigenvalue weighted by Gasteiger charge is 2.33. The Bertz CT molecular complexity index is 281. The van der Waals surface area contributed by atoms with Gasteiger partial charge in [0.15, 0.2) is 0 Å². The highest BCUT2D eigenvalue weighted by molar-refractivity contribution is 7.99. The third kappa shape index (κ3) is 2.40. The lowest BCUT2D eigenvalue weighted by Gasteiger charge is -2.30. The van der Waals surface area contributed by atoms with Crippen molar-refractivity contribution in [3.63, 3.8) is 0 Å². The lowest BCUT2D eigenvalue weighted by atomic mass is 9.94. The van der Waals surface area contributed by atoms with Crippen LogP contribution in [0.25, 0.3) is 0 Å². The van der Waals surface area contributed by atoms with Crippen LogP contribution < -0.4 is 5.32 Å². The van der Waals surface area contributed by atoms with E-state index < -0.39 is 11.4 Å². The van der Waals surface area contributed by atoms with Crippen LogP contribution in [0.15, 0.2) is 0 Å². The summed E-state index contributed by atoms with van der Waals surface area (Å²) in [6.45, 7) is 0. The molecule has 68 valence electrons. The molecule has 0 saturated carbocycles. The van der Waals surface area contributed by atoms with E-state index >= 15 is 0 Å². The van der Waals surface area contributed by atoms with Gasteiger partial charge in [0, 0.05) is 0 Å². The molecule has 4 heteroatoms. The average Bonchev–Trinajstić information content (AvgIpc) is 2.19. The van der Waals surface area contributed by atoms with E-state index in [4.69, 9.17) is 11.7 Å². The van der Waals surface area contributed by atoms with Crippen LogP contribution in [0.5, 0.6) is 0 Å². The van der Waals surface area contributed by atoms with Gasteiger partial charge in [-0.05, 0) is 30.3 Å². The topological polar surface area (TPSA) is 52.9 Å². The third-order valence-corrected chi connectivity index (χ3v) is 3.03. The Kier molecular flexibility index (Phi) is 3.22. The smallest absolute Gasteiger partial charge is 0.296 e. The van der Waals surface area contributed by atoms with Crippen molar-refractivity contribution >= 4 is 17.7 Å². The van der Waals surface area contributed by atoms with E-state index in [2.05, 4.69) is 11.4 Å². The number of hydrogen-bond acceptors (Lipinski definition) is 3. The van der Waals surface area contributed by atoms with Crippen molar-refractivity contribution in [1.29, 1.82) is 5.26 Å². The quantitative estimate of drug-likeness (QED) is 0.619. The van der Waals surface area contributed by atoms with Crippen molar-refractivity contribution in [1.82, 2.24) is 5.32 Å². The maximum Gasteiger partial charge on any atom is 0.296 e. The van der Waals surface area contributed by atoms with Gasteiger partial charge in [-0.3, -0.25) is 4.79 Å². The van der Waals surface area contributed by atoms with Crippen LogP contribution in [0.2, 0.25) is 0 Å². The fourth-order valence-electron chi connectivity index (χ4n) is 1.24. The van der Waals surface area contributed by atoms with Gasteiger partial charge in [0.1, 0.15) is 5.54 Å². The molecule has 0 atom stereocenters. The van der Waals surface area contributed by atoms with Crippen LogP contribution in [0.1, 0.15) is 12.8 Å². The first-order valence-corrected chi connectivity index (χ1v) is 5.16. The van der Waals surface area contributed by atoms with E-state index in [-0.39, 0.29) is 0 Å². The summed E-state index contributed by atoms with van der Waals surface area (Å²) in [4.78, 5) is 10.9. The minimum atomic E-state index is -0.714. The van der Waals surface area contributed by atoms with Crippen molar-refractivity contribution in [2.75, 3.05) is 11.5 Å². The van der Waals surface area contributed by atoms with Gasteiger partial charge in [0.2, 0.25) is 0 Å². The fraction of sp³-hybridized carbons (Fsp3) is 0.556. The van der Waals surface area contributed by atoms with Crippen molar-refractivity contribution in [3.05, 3.63) is 0 Å². The molecule has 1 heterocycles.